The summed E-state index contributed by atoms with van der Waals surface area (Å²) >= 11 is 0. The van der Waals surface area contributed by atoms with Crippen LogP contribution in [0.2, 0.25) is 0 Å². The number of nitro groups is 1. The Morgan fingerprint density at radius 3 is 2.15 bits per heavy atom. The van der Waals surface area contributed by atoms with Crippen LogP contribution < -0.4 is 5.32 Å². The molecule has 0 aromatic heterocycles. The molecule has 4 rings (SSSR count). The molecule has 0 spiro atoms. The molecule has 1 N–H and O–H groups in total. The summed E-state index contributed by atoms with van der Waals surface area (Å²) in [6, 6.07) is 25.4. The summed E-state index contributed by atoms with van der Waals surface area (Å²) in [6.07, 6.45) is -0.628. The third-order valence-electron chi connectivity index (χ3n) is 6.99. The Morgan fingerprint density at radius 1 is 0.927 bits per heavy atom. The van der Waals surface area contributed by atoms with Crippen molar-refractivity contribution in [3.8, 4) is 0 Å². The van der Waals surface area contributed by atoms with Crippen molar-refractivity contribution in [1.29, 1.82) is 0 Å². The molecular weight excluding hydrogens is 522 g/mol. The predicted octanol–water partition coefficient (Wildman–Crippen LogP) is 5.42. The van der Waals surface area contributed by atoms with Gasteiger partial charge >= 0.3 is 11.9 Å². The number of likely N-dealkylation sites (N-methyl/N-ethyl adjacent to an activating group) is 1. The highest BCUT2D eigenvalue weighted by molar-refractivity contribution is 6.00. The van der Waals surface area contributed by atoms with E-state index in [1.54, 1.807) is 19.9 Å². The molecule has 1 aliphatic heterocycles. The summed E-state index contributed by atoms with van der Waals surface area (Å²) in [5, 5.41) is 14.7. The van der Waals surface area contributed by atoms with E-state index in [4.69, 9.17) is 9.47 Å². The Balaban J connectivity index is 1.71. The molecule has 41 heavy (non-hydrogen) atoms. The molecule has 1 aliphatic rings. The van der Waals surface area contributed by atoms with Gasteiger partial charge in [-0.2, -0.15) is 0 Å². The minimum Gasteiger partial charge on any atom is -0.466 e. The number of carbonyl (C=O) groups is 2. The van der Waals surface area contributed by atoms with Crippen molar-refractivity contribution >= 4 is 17.6 Å². The number of hydrogen-bond donors (Lipinski definition) is 1. The molecule has 1 heterocycles. The number of nitrogens with one attached hydrogen (secondary N) is 1. The van der Waals surface area contributed by atoms with Crippen LogP contribution in [0.5, 0.6) is 0 Å². The van der Waals surface area contributed by atoms with Gasteiger partial charge in [0, 0.05) is 36.6 Å². The Labute approximate surface area is 239 Å². The van der Waals surface area contributed by atoms with Gasteiger partial charge in [0.25, 0.3) is 5.69 Å². The Kier molecular flexibility index (Phi) is 9.31. The maximum atomic E-state index is 14.1. The van der Waals surface area contributed by atoms with Crippen LogP contribution in [0.15, 0.2) is 107 Å². The van der Waals surface area contributed by atoms with E-state index in [2.05, 4.69) is 10.2 Å². The summed E-state index contributed by atoms with van der Waals surface area (Å²) in [5.74, 6) is -2.22. The number of methoxy groups -OCH3 is 1. The van der Waals surface area contributed by atoms with E-state index in [0.717, 1.165) is 11.1 Å². The van der Waals surface area contributed by atoms with Crippen molar-refractivity contribution < 1.29 is 24.0 Å². The standard InChI is InChI=1S/C32H33N3O6/c1-21-28(31(36)40-4)30(25-16-11-17-26(18-25)35(38)39)29(22(2)33-21)32(37)41-27(24-14-9-6-10-15-24)20-34(3)19-23-12-7-5-8-13-23/h5-18,27,30,33H,19-20H2,1-4H3. The van der Waals surface area contributed by atoms with Crippen molar-refractivity contribution in [2.75, 3.05) is 20.7 Å². The normalized spacial score (nSPS) is 15.8. The topological polar surface area (TPSA) is 111 Å². The zero-order valence-corrected chi connectivity index (χ0v) is 23.5. The number of allylic oxidation sites excluding steroid dienone is 2. The quantitative estimate of drug-likeness (QED) is 0.201. The van der Waals surface area contributed by atoms with Gasteiger partial charge in [-0.15, -0.1) is 0 Å². The molecule has 0 radical (unpaired) electrons. The Bertz CT molecular complexity index is 1480. The average molecular weight is 556 g/mol. The maximum absolute atomic E-state index is 14.1. The number of benzene rings is 3. The van der Waals surface area contributed by atoms with Crippen LogP contribution in [0.4, 0.5) is 5.69 Å². The molecule has 9 nitrogen and oxygen atoms in total. The molecule has 0 amide bonds. The van der Waals surface area contributed by atoms with Crippen molar-refractivity contribution in [1.82, 2.24) is 10.2 Å². The fourth-order valence-corrected chi connectivity index (χ4v) is 5.11. The lowest BCUT2D eigenvalue weighted by Crippen LogP contribution is -2.34. The molecule has 0 saturated heterocycles. The number of nitrogens with zero attached hydrogens (tertiary/aromatic N) is 2. The lowest BCUT2D eigenvalue weighted by molar-refractivity contribution is -0.384. The Hall–Kier alpha value is -4.76. The SMILES string of the molecule is COC(=O)C1=C(C)NC(C)=C(C(=O)OC(CN(C)Cc2ccccc2)c2ccccc2)C1c1cccc([N+](=O)[O-])c1. The summed E-state index contributed by atoms with van der Waals surface area (Å²) in [6.45, 7) is 4.48. The molecule has 0 fully saturated rings. The van der Waals surface area contributed by atoms with Crippen LogP contribution in [-0.2, 0) is 25.6 Å². The zero-order chi connectivity index (χ0) is 29.5. The molecule has 0 bridgehead atoms. The number of dihydropyridines is 1. The highest BCUT2D eigenvalue weighted by Gasteiger charge is 2.39. The summed E-state index contributed by atoms with van der Waals surface area (Å²) in [7, 11) is 3.21. The summed E-state index contributed by atoms with van der Waals surface area (Å²) < 4.78 is 11.3. The van der Waals surface area contributed by atoms with Gasteiger partial charge in [-0.25, -0.2) is 9.59 Å². The predicted molar refractivity (Wildman–Crippen MR) is 154 cm³/mol. The van der Waals surface area contributed by atoms with Crippen LogP contribution in [0.25, 0.3) is 0 Å². The zero-order valence-electron chi connectivity index (χ0n) is 23.5. The number of hydrogen-bond acceptors (Lipinski definition) is 8. The number of carbonyl (C=O) groups excluding carboxylic acids is 2. The lowest BCUT2D eigenvalue weighted by atomic mass is 9.80. The van der Waals surface area contributed by atoms with Gasteiger partial charge in [0.05, 0.1) is 29.1 Å². The molecule has 2 atom stereocenters. The van der Waals surface area contributed by atoms with Gasteiger partial charge in [-0.05, 0) is 37.6 Å². The number of ether oxygens (including phenoxy) is 2. The van der Waals surface area contributed by atoms with E-state index in [-0.39, 0.29) is 16.8 Å². The molecule has 9 heteroatoms. The molecule has 0 aliphatic carbocycles. The van der Waals surface area contributed by atoms with Gasteiger partial charge in [0.2, 0.25) is 0 Å². The number of non-ortho nitro benzene ring substituents is 1. The van der Waals surface area contributed by atoms with E-state index >= 15 is 0 Å². The van der Waals surface area contributed by atoms with Crippen LogP contribution in [0.1, 0.15) is 42.6 Å². The first-order valence-corrected chi connectivity index (χ1v) is 13.2. The smallest absolute Gasteiger partial charge is 0.337 e. The molecule has 3 aromatic carbocycles. The minimum absolute atomic E-state index is 0.155. The van der Waals surface area contributed by atoms with E-state index < -0.39 is 28.9 Å². The molecule has 0 saturated carbocycles. The lowest BCUT2D eigenvalue weighted by Gasteiger charge is -2.32. The van der Waals surface area contributed by atoms with Crippen LogP contribution in [-0.4, -0.2) is 42.5 Å². The van der Waals surface area contributed by atoms with Gasteiger partial charge in [-0.3, -0.25) is 15.0 Å². The molecule has 2 unspecified atom stereocenters. The highest BCUT2D eigenvalue weighted by atomic mass is 16.6. The first-order chi connectivity index (χ1) is 19.7. The molecule has 3 aromatic rings. The number of esters is 2. The average Bonchev–Trinajstić information content (AvgIpc) is 2.97. The van der Waals surface area contributed by atoms with Crippen molar-refractivity contribution in [3.63, 3.8) is 0 Å². The van der Waals surface area contributed by atoms with E-state index in [1.165, 1.54) is 25.3 Å². The van der Waals surface area contributed by atoms with E-state index in [9.17, 15) is 19.7 Å². The van der Waals surface area contributed by atoms with Crippen molar-refractivity contribution in [2.45, 2.75) is 32.4 Å². The molecular formula is C32H33N3O6. The van der Waals surface area contributed by atoms with Crippen LogP contribution in [0.3, 0.4) is 0 Å². The second-order valence-corrected chi connectivity index (χ2v) is 9.97. The summed E-state index contributed by atoms with van der Waals surface area (Å²) in [4.78, 5) is 40.2. The number of nitro benzene ring substituents is 1. The highest BCUT2D eigenvalue weighted by Crippen LogP contribution is 2.40. The first-order valence-electron chi connectivity index (χ1n) is 13.2. The fraction of sp³-hybridized carbons (Fsp3) is 0.250. The van der Waals surface area contributed by atoms with E-state index in [0.29, 0.717) is 30.0 Å². The second-order valence-electron chi connectivity index (χ2n) is 9.97. The number of rotatable bonds is 10. The monoisotopic (exact) mass is 555 g/mol. The largest absolute Gasteiger partial charge is 0.466 e. The Morgan fingerprint density at radius 2 is 1.54 bits per heavy atom. The van der Waals surface area contributed by atoms with E-state index in [1.807, 2.05) is 67.7 Å². The maximum Gasteiger partial charge on any atom is 0.337 e. The van der Waals surface area contributed by atoms with Crippen LogP contribution in [0, 0.1) is 10.1 Å². The van der Waals surface area contributed by atoms with Crippen LogP contribution >= 0.6 is 0 Å². The second kappa shape index (κ2) is 13.1. The molecule has 212 valence electrons. The van der Waals surface area contributed by atoms with Crippen molar-refractivity contribution in [2.24, 2.45) is 0 Å². The summed E-state index contributed by atoms with van der Waals surface area (Å²) in [5.41, 5.74) is 3.53. The fourth-order valence-electron chi connectivity index (χ4n) is 5.11. The van der Waals surface area contributed by atoms with Gasteiger partial charge < -0.3 is 14.8 Å². The first kappa shape index (κ1) is 29.2. The third kappa shape index (κ3) is 6.88. The van der Waals surface area contributed by atoms with Gasteiger partial charge in [0.1, 0.15) is 6.10 Å². The third-order valence-corrected chi connectivity index (χ3v) is 6.99. The van der Waals surface area contributed by atoms with Gasteiger partial charge in [-0.1, -0.05) is 72.8 Å². The minimum atomic E-state index is -0.936. The van der Waals surface area contributed by atoms with Crippen molar-refractivity contribution in [3.05, 3.63) is 134 Å². The van der Waals surface area contributed by atoms with Gasteiger partial charge in [0.15, 0.2) is 0 Å².